The Kier molecular flexibility index (Phi) is 3.68. The number of nitrogens with zero attached hydrogens (tertiary/aromatic N) is 1. The largest absolute Gasteiger partial charge is 0.382 e. The smallest absolute Gasteiger partial charge is 0.106 e. The molecular weight excluding hydrogens is 266 g/mol. The van der Waals surface area contributed by atoms with Crippen LogP contribution in [-0.4, -0.2) is 24.6 Å². The van der Waals surface area contributed by atoms with E-state index in [1.807, 2.05) is 17.6 Å². The minimum absolute atomic E-state index is 0.684. The summed E-state index contributed by atoms with van der Waals surface area (Å²) in [6, 6.07) is 3.98. The lowest BCUT2D eigenvalue weighted by molar-refractivity contribution is 0.393. The molecule has 5 heteroatoms. The van der Waals surface area contributed by atoms with Gasteiger partial charge in [0.25, 0.3) is 0 Å². The van der Waals surface area contributed by atoms with Crippen LogP contribution in [0, 0.1) is 5.92 Å². The molecule has 96 valence electrons. The zero-order valence-corrected chi connectivity index (χ0v) is 11.7. The molecule has 0 amide bonds. The first-order valence-electron chi connectivity index (χ1n) is 6.31. The SMILES string of the molecule is Clc1ccc2scnc2c1NCC1CCCNC1. The molecule has 0 spiro atoms. The predicted molar refractivity (Wildman–Crippen MR) is 78.7 cm³/mol. The number of halogens is 1. The van der Waals surface area contributed by atoms with Crippen LogP contribution < -0.4 is 10.6 Å². The van der Waals surface area contributed by atoms with Crippen LogP contribution in [-0.2, 0) is 0 Å². The third kappa shape index (κ3) is 2.46. The quantitative estimate of drug-likeness (QED) is 0.906. The summed E-state index contributed by atoms with van der Waals surface area (Å²) in [4.78, 5) is 4.40. The number of benzene rings is 1. The Morgan fingerprint density at radius 3 is 3.28 bits per heavy atom. The van der Waals surface area contributed by atoms with E-state index in [1.165, 1.54) is 17.5 Å². The molecule has 18 heavy (non-hydrogen) atoms. The van der Waals surface area contributed by atoms with E-state index in [2.05, 4.69) is 15.6 Å². The van der Waals surface area contributed by atoms with Crippen molar-refractivity contribution in [1.29, 1.82) is 0 Å². The Hall–Kier alpha value is -0.840. The number of nitrogens with one attached hydrogen (secondary N) is 2. The third-order valence-electron chi connectivity index (χ3n) is 3.42. The highest BCUT2D eigenvalue weighted by Crippen LogP contribution is 2.32. The van der Waals surface area contributed by atoms with Gasteiger partial charge in [-0.3, -0.25) is 0 Å². The fourth-order valence-electron chi connectivity index (χ4n) is 2.42. The monoisotopic (exact) mass is 281 g/mol. The van der Waals surface area contributed by atoms with Crippen molar-refractivity contribution in [3.8, 4) is 0 Å². The summed E-state index contributed by atoms with van der Waals surface area (Å²) in [5.41, 5.74) is 3.85. The minimum atomic E-state index is 0.684. The summed E-state index contributed by atoms with van der Waals surface area (Å²) in [6.07, 6.45) is 2.55. The third-order valence-corrected chi connectivity index (χ3v) is 4.53. The van der Waals surface area contributed by atoms with Gasteiger partial charge in [-0.25, -0.2) is 4.98 Å². The molecule has 0 aliphatic carbocycles. The lowest BCUT2D eigenvalue weighted by atomic mass is 10.00. The van der Waals surface area contributed by atoms with Gasteiger partial charge in [-0.05, 0) is 44.0 Å². The molecule has 2 heterocycles. The van der Waals surface area contributed by atoms with Crippen LogP contribution >= 0.6 is 22.9 Å². The summed E-state index contributed by atoms with van der Waals surface area (Å²) in [7, 11) is 0. The van der Waals surface area contributed by atoms with Crippen molar-refractivity contribution in [2.45, 2.75) is 12.8 Å². The Morgan fingerprint density at radius 2 is 2.44 bits per heavy atom. The fourth-order valence-corrected chi connectivity index (χ4v) is 3.32. The van der Waals surface area contributed by atoms with Gasteiger partial charge in [-0.1, -0.05) is 11.6 Å². The highest BCUT2D eigenvalue weighted by Gasteiger charge is 2.14. The summed E-state index contributed by atoms with van der Waals surface area (Å²) < 4.78 is 1.18. The average molecular weight is 282 g/mol. The number of hydrogen-bond donors (Lipinski definition) is 2. The molecule has 3 nitrogen and oxygen atoms in total. The molecule has 1 saturated heterocycles. The Balaban J connectivity index is 1.76. The van der Waals surface area contributed by atoms with E-state index in [0.717, 1.165) is 35.9 Å². The van der Waals surface area contributed by atoms with Crippen LogP contribution in [0.5, 0.6) is 0 Å². The molecule has 0 bridgehead atoms. The molecule has 2 aromatic rings. The van der Waals surface area contributed by atoms with E-state index in [9.17, 15) is 0 Å². The zero-order chi connectivity index (χ0) is 12.4. The molecule has 1 fully saturated rings. The number of aromatic nitrogens is 1. The summed E-state index contributed by atoms with van der Waals surface area (Å²) in [5, 5.41) is 7.68. The van der Waals surface area contributed by atoms with Crippen molar-refractivity contribution >= 4 is 38.8 Å². The lowest BCUT2D eigenvalue weighted by Crippen LogP contribution is -2.33. The molecule has 1 unspecified atom stereocenters. The average Bonchev–Trinajstić information content (AvgIpc) is 2.87. The molecule has 1 aromatic carbocycles. The minimum Gasteiger partial charge on any atom is -0.382 e. The summed E-state index contributed by atoms with van der Waals surface area (Å²) in [6.45, 7) is 3.21. The van der Waals surface area contributed by atoms with Crippen LogP contribution in [0.1, 0.15) is 12.8 Å². The van der Waals surface area contributed by atoms with Gasteiger partial charge >= 0.3 is 0 Å². The molecule has 3 rings (SSSR count). The van der Waals surface area contributed by atoms with E-state index in [-0.39, 0.29) is 0 Å². The summed E-state index contributed by atoms with van der Waals surface area (Å²) >= 11 is 7.91. The summed E-state index contributed by atoms with van der Waals surface area (Å²) in [5.74, 6) is 0.684. The van der Waals surface area contributed by atoms with Crippen molar-refractivity contribution in [1.82, 2.24) is 10.3 Å². The fraction of sp³-hybridized carbons (Fsp3) is 0.462. The Labute approximate surface area is 116 Å². The van der Waals surface area contributed by atoms with Gasteiger partial charge in [0.1, 0.15) is 5.52 Å². The first-order chi connectivity index (χ1) is 8.84. The number of anilines is 1. The Bertz CT molecular complexity index is 534. The van der Waals surface area contributed by atoms with Crippen molar-refractivity contribution in [3.05, 3.63) is 22.7 Å². The van der Waals surface area contributed by atoms with Crippen LogP contribution in [0.25, 0.3) is 10.2 Å². The molecular formula is C13H16ClN3S. The van der Waals surface area contributed by atoms with E-state index in [4.69, 9.17) is 11.6 Å². The highest BCUT2D eigenvalue weighted by molar-refractivity contribution is 7.16. The van der Waals surface area contributed by atoms with Gasteiger partial charge in [0.15, 0.2) is 0 Å². The van der Waals surface area contributed by atoms with Gasteiger partial charge in [0, 0.05) is 6.54 Å². The van der Waals surface area contributed by atoms with Gasteiger partial charge in [-0.15, -0.1) is 11.3 Å². The van der Waals surface area contributed by atoms with E-state index in [0.29, 0.717) is 5.92 Å². The second kappa shape index (κ2) is 5.43. The van der Waals surface area contributed by atoms with E-state index >= 15 is 0 Å². The zero-order valence-electron chi connectivity index (χ0n) is 10.1. The van der Waals surface area contributed by atoms with E-state index < -0.39 is 0 Å². The van der Waals surface area contributed by atoms with Gasteiger partial charge in [0.2, 0.25) is 0 Å². The molecule has 1 aromatic heterocycles. The van der Waals surface area contributed by atoms with Crippen LogP contribution in [0.15, 0.2) is 17.6 Å². The van der Waals surface area contributed by atoms with Crippen molar-refractivity contribution in [2.24, 2.45) is 5.92 Å². The Morgan fingerprint density at radius 1 is 1.50 bits per heavy atom. The van der Waals surface area contributed by atoms with Gasteiger partial charge < -0.3 is 10.6 Å². The molecule has 1 atom stereocenters. The van der Waals surface area contributed by atoms with Crippen LogP contribution in [0.3, 0.4) is 0 Å². The van der Waals surface area contributed by atoms with Crippen molar-refractivity contribution < 1.29 is 0 Å². The molecule has 0 radical (unpaired) electrons. The van der Waals surface area contributed by atoms with Crippen LogP contribution in [0.4, 0.5) is 5.69 Å². The molecule has 1 aliphatic rings. The first-order valence-corrected chi connectivity index (χ1v) is 7.56. The number of hydrogen-bond acceptors (Lipinski definition) is 4. The first kappa shape index (κ1) is 12.2. The number of piperidine rings is 1. The standard InChI is InChI=1S/C13H16ClN3S/c14-10-3-4-11-13(17-8-18-11)12(10)16-7-9-2-1-5-15-6-9/h3-4,8-9,15-16H,1-2,5-7H2. The topological polar surface area (TPSA) is 37.0 Å². The number of rotatable bonds is 3. The second-order valence-electron chi connectivity index (χ2n) is 4.71. The molecule has 2 N–H and O–H groups in total. The number of fused-ring (bicyclic) bond motifs is 1. The highest BCUT2D eigenvalue weighted by atomic mass is 35.5. The van der Waals surface area contributed by atoms with Crippen LogP contribution in [0.2, 0.25) is 5.02 Å². The maximum atomic E-state index is 6.26. The van der Waals surface area contributed by atoms with Gasteiger partial charge in [-0.2, -0.15) is 0 Å². The number of thiazole rings is 1. The predicted octanol–water partition coefficient (Wildman–Crippen LogP) is 3.36. The second-order valence-corrected chi connectivity index (χ2v) is 6.01. The normalized spacial score (nSPS) is 20.2. The maximum Gasteiger partial charge on any atom is 0.106 e. The van der Waals surface area contributed by atoms with Crippen molar-refractivity contribution in [2.75, 3.05) is 25.0 Å². The van der Waals surface area contributed by atoms with Crippen molar-refractivity contribution in [3.63, 3.8) is 0 Å². The molecule has 1 aliphatic heterocycles. The van der Waals surface area contributed by atoms with E-state index in [1.54, 1.807) is 11.3 Å². The molecule has 0 saturated carbocycles. The maximum absolute atomic E-state index is 6.26. The lowest BCUT2D eigenvalue weighted by Gasteiger charge is -2.23. The van der Waals surface area contributed by atoms with Gasteiger partial charge in [0.05, 0.1) is 20.9 Å².